The van der Waals surface area contributed by atoms with Crippen LogP contribution in [0.4, 0.5) is 0 Å². The Bertz CT molecular complexity index is 414. The molecule has 0 aromatic heterocycles. The summed E-state index contributed by atoms with van der Waals surface area (Å²) in [5.74, 6) is 0. The lowest BCUT2D eigenvalue weighted by molar-refractivity contribution is 0.136. The minimum Gasteiger partial charge on any atom is -0.301 e. The Morgan fingerprint density at radius 2 is 1.38 bits per heavy atom. The molecule has 0 N–H and O–H groups in total. The molecule has 1 fully saturated rings. The maximum atomic E-state index is 2.53. The molecule has 3 rings (SSSR count). The first kappa shape index (κ1) is 16.5. The average Bonchev–Trinajstić information content (AvgIpc) is 3.08. The minimum absolute atomic E-state index is 0.291. The van der Waals surface area contributed by atoms with Gasteiger partial charge in [0.05, 0.1) is 0 Å². The topological polar surface area (TPSA) is 6.48 Å². The molecule has 0 amide bonds. The maximum absolute atomic E-state index is 2.53. The Balaban J connectivity index is 0.000000173. The number of hydrogen-bond donors (Lipinski definition) is 0. The molecule has 2 aliphatic heterocycles. The van der Waals surface area contributed by atoms with E-state index in [1.807, 2.05) is 0 Å². The highest BCUT2D eigenvalue weighted by atomic mass is 15.2. The number of likely N-dealkylation sites (tertiary alicyclic amines) is 1. The highest BCUT2D eigenvalue weighted by Crippen LogP contribution is 2.28. The summed E-state index contributed by atoms with van der Waals surface area (Å²) < 4.78 is 0. The summed E-state index contributed by atoms with van der Waals surface area (Å²) in [7, 11) is 0. The van der Waals surface area contributed by atoms with Crippen LogP contribution in [0.2, 0.25) is 0 Å². The standard InChI is InChI=1S/C12H17N.C7H15N/c1-12(2,3)13-8-10-6-4-5-7-11(10)9-13;1-7(2)8-5-3-4-6-8/h4-7H,8-9H2,1-3H3;7H,3-6H2,1-2H3. The van der Waals surface area contributed by atoms with Gasteiger partial charge < -0.3 is 4.90 Å². The summed E-state index contributed by atoms with van der Waals surface area (Å²) in [6, 6.07) is 9.51. The summed E-state index contributed by atoms with van der Waals surface area (Å²) in [6.45, 7) is 16.3. The molecule has 0 aliphatic carbocycles. The van der Waals surface area contributed by atoms with Crippen LogP contribution in [-0.4, -0.2) is 34.5 Å². The third kappa shape index (κ3) is 4.55. The molecule has 1 aromatic rings. The smallest absolute Gasteiger partial charge is 0.0245 e. The van der Waals surface area contributed by atoms with Crippen molar-refractivity contribution >= 4 is 0 Å². The van der Waals surface area contributed by atoms with Crippen molar-refractivity contribution in [2.45, 2.75) is 72.1 Å². The lowest BCUT2D eigenvalue weighted by Gasteiger charge is -2.31. The predicted molar refractivity (Wildman–Crippen MR) is 91.4 cm³/mol. The largest absolute Gasteiger partial charge is 0.301 e. The summed E-state index contributed by atoms with van der Waals surface area (Å²) in [6.07, 6.45) is 2.83. The average molecular weight is 288 g/mol. The van der Waals surface area contributed by atoms with E-state index in [1.54, 1.807) is 0 Å². The first-order valence-electron chi connectivity index (χ1n) is 8.44. The fourth-order valence-electron chi connectivity index (χ4n) is 3.07. The molecule has 0 atom stereocenters. The predicted octanol–water partition coefficient (Wildman–Crippen LogP) is 4.29. The monoisotopic (exact) mass is 288 g/mol. The van der Waals surface area contributed by atoms with Crippen LogP contribution in [-0.2, 0) is 13.1 Å². The number of rotatable bonds is 1. The molecule has 1 aromatic carbocycles. The van der Waals surface area contributed by atoms with Crippen molar-refractivity contribution in [1.82, 2.24) is 9.80 Å². The Kier molecular flexibility index (Phi) is 5.45. The van der Waals surface area contributed by atoms with Crippen LogP contribution in [0.15, 0.2) is 24.3 Å². The molecular formula is C19H32N2. The highest BCUT2D eigenvalue weighted by molar-refractivity contribution is 5.30. The second kappa shape index (κ2) is 6.93. The molecular weight excluding hydrogens is 256 g/mol. The summed E-state index contributed by atoms with van der Waals surface area (Å²) >= 11 is 0. The molecule has 0 bridgehead atoms. The van der Waals surface area contributed by atoms with Crippen molar-refractivity contribution in [1.29, 1.82) is 0 Å². The number of benzene rings is 1. The summed E-state index contributed by atoms with van der Waals surface area (Å²) in [5.41, 5.74) is 3.29. The van der Waals surface area contributed by atoms with E-state index in [-0.39, 0.29) is 0 Å². The summed E-state index contributed by atoms with van der Waals surface area (Å²) in [4.78, 5) is 5.04. The van der Waals surface area contributed by atoms with E-state index in [0.29, 0.717) is 5.54 Å². The Morgan fingerprint density at radius 3 is 1.71 bits per heavy atom. The van der Waals surface area contributed by atoms with Crippen molar-refractivity contribution in [3.05, 3.63) is 35.4 Å². The van der Waals surface area contributed by atoms with Gasteiger partial charge in [0.25, 0.3) is 0 Å². The fourth-order valence-corrected chi connectivity index (χ4v) is 3.07. The van der Waals surface area contributed by atoms with Gasteiger partial charge >= 0.3 is 0 Å². The maximum Gasteiger partial charge on any atom is 0.0245 e. The fraction of sp³-hybridized carbons (Fsp3) is 0.684. The second-order valence-electron chi connectivity index (χ2n) is 7.63. The first-order chi connectivity index (χ1) is 9.88. The van der Waals surface area contributed by atoms with E-state index in [2.05, 4.69) is 68.7 Å². The van der Waals surface area contributed by atoms with Crippen LogP contribution in [0.25, 0.3) is 0 Å². The van der Waals surface area contributed by atoms with E-state index in [1.165, 1.54) is 37.1 Å². The Hall–Kier alpha value is -0.860. The van der Waals surface area contributed by atoms with E-state index in [9.17, 15) is 0 Å². The lowest BCUT2D eigenvalue weighted by Crippen LogP contribution is -2.36. The normalized spacial score (nSPS) is 19.5. The van der Waals surface area contributed by atoms with Crippen LogP contribution in [0, 0.1) is 0 Å². The molecule has 2 heterocycles. The van der Waals surface area contributed by atoms with E-state index in [0.717, 1.165) is 19.1 Å². The SMILES string of the molecule is CC(C)(C)N1Cc2ccccc2C1.CC(C)N1CCCC1. The Labute approximate surface area is 131 Å². The minimum atomic E-state index is 0.291. The van der Waals surface area contributed by atoms with Crippen molar-refractivity contribution < 1.29 is 0 Å². The molecule has 2 heteroatoms. The molecule has 0 spiro atoms. The van der Waals surface area contributed by atoms with Gasteiger partial charge in [-0.2, -0.15) is 0 Å². The van der Waals surface area contributed by atoms with Gasteiger partial charge in [0.15, 0.2) is 0 Å². The van der Waals surface area contributed by atoms with Gasteiger partial charge in [0.1, 0.15) is 0 Å². The van der Waals surface area contributed by atoms with Gasteiger partial charge in [0.2, 0.25) is 0 Å². The Morgan fingerprint density at radius 1 is 0.905 bits per heavy atom. The quantitative estimate of drug-likeness (QED) is 0.760. The molecule has 2 nitrogen and oxygen atoms in total. The molecule has 0 radical (unpaired) electrons. The second-order valence-corrected chi connectivity index (χ2v) is 7.63. The lowest BCUT2D eigenvalue weighted by atomic mass is 10.1. The molecule has 118 valence electrons. The zero-order chi connectivity index (χ0) is 15.5. The molecule has 2 aliphatic rings. The molecule has 0 saturated carbocycles. The van der Waals surface area contributed by atoms with Gasteiger partial charge in [-0.25, -0.2) is 0 Å². The van der Waals surface area contributed by atoms with Crippen LogP contribution in [0.3, 0.4) is 0 Å². The van der Waals surface area contributed by atoms with Crippen LogP contribution in [0.1, 0.15) is 58.6 Å². The van der Waals surface area contributed by atoms with Gasteiger partial charge in [-0.15, -0.1) is 0 Å². The third-order valence-corrected chi connectivity index (χ3v) is 4.66. The van der Waals surface area contributed by atoms with Crippen molar-refractivity contribution in [2.24, 2.45) is 0 Å². The van der Waals surface area contributed by atoms with Crippen molar-refractivity contribution in [2.75, 3.05) is 13.1 Å². The zero-order valence-electron chi connectivity index (χ0n) is 14.5. The van der Waals surface area contributed by atoms with E-state index < -0.39 is 0 Å². The highest BCUT2D eigenvalue weighted by Gasteiger charge is 2.27. The molecule has 1 saturated heterocycles. The first-order valence-corrected chi connectivity index (χ1v) is 8.44. The summed E-state index contributed by atoms with van der Waals surface area (Å²) in [5, 5.41) is 0. The van der Waals surface area contributed by atoms with Gasteiger partial charge in [-0.3, -0.25) is 4.90 Å². The number of fused-ring (bicyclic) bond motifs is 1. The van der Waals surface area contributed by atoms with Gasteiger partial charge in [-0.1, -0.05) is 24.3 Å². The van der Waals surface area contributed by atoms with Crippen LogP contribution >= 0.6 is 0 Å². The van der Waals surface area contributed by atoms with Crippen molar-refractivity contribution in [3.63, 3.8) is 0 Å². The van der Waals surface area contributed by atoms with Crippen LogP contribution < -0.4 is 0 Å². The third-order valence-electron chi connectivity index (χ3n) is 4.66. The molecule has 0 unspecified atom stereocenters. The number of hydrogen-bond acceptors (Lipinski definition) is 2. The van der Waals surface area contributed by atoms with Crippen molar-refractivity contribution in [3.8, 4) is 0 Å². The van der Waals surface area contributed by atoms with E-state index in [4.69, 9.17) is 0 Å². The zero-order valence-corrected chi connectivity index (χ0v) is 14.5. The molecule has 21 heavy (non-hydrogen) atoms. The number of nitrogens with zero attached hydrogens (tertiary/aromatic N) is 2. The van der Waals surface area contributed by atoms with E-state index >= 15 is 0 Å². The van der Waals surface area contributed by atoms with Gasteiger partial charge in [0, 0.05) is 24.7 Å². The van der Waals surface area contributed by atoms with Crippen LogP contribution in [0.5, 0.6) is 0 Å². The van der Waals surface area contributed by atoms with Gasteiger partial charge in [-0.05, 0) is 71.7 Å².